The van der Waals surface area contributed by atoms with Crippen LogP contribution in [0.25, 0.3) is 0 Å². The molecule has 9 heteroatoms. The molecule has 7 nitrogen and oxygen atoms in total. The first-order chi connectivity index (χ1) is 16.4. The Hall–Kier alpha value is -2.78. The summed E-state index contributed by atoms with van der Waals surface area (Å²) in [6.07, 6.45) is -0.336. The lowest BCUT2D eigenvalue weighted by atomic mass is 10.3. The van der Waals surface area contributed by atoms with Gasteiger partial charge in [0.2, 0.25) is 0 Å². The third-order valence-corrected chi connectivity index (χ3v) is 6.41. The van der Waals surface area contributed by atoms with Gasteiger partial charge in [-0.05, 0) is 61.9 Å². The lowest BCUT2D eigenvalue weighted by Gasteiger charge is -2.21. The summed E-state index contributed by atoms with van der Waals surface area (Å²) in [5.74, 6) is 1.25. The molecule has 4 rings (SSSR count). The third kappa shape index (κ3) is 7.11. The van der Waals surface area contributed by atoms with Gasteiger partial charge >= 0.3 is 6.09 Å². The van der Waals surface area contributed by atoms with Crippen molar-refractivity contribution in [2.24, 2.45) is 0 Å². The fourth-order valence-corrected chi connectivity index (χ4v) is 4.52. The molecule has 1 fully saturated rings. The van der Waals surface area contributed by atoms with Crippen molar-refractivity contribution in [1.29, 1.82) is 0 Å². The van der Waals surface area contributed by atoms with Crippen LogP contribution in [0.15, 0.2) is 60.7 Å². The van der Waals surface area contributed by atoms with Gasteiger partial charge in [-0.1, -0.05) is 23.7 Å². The van der Waals surface area contributed by atoms with E-state index in [1.54, 1.807) is 42.5 Å². The molecular weight excluding hydrogens is 476 g/mol. The van der Waals surface area contributed by atoms with E-state index in [1.165, 1.54) is 11.3 Å². The van der Waals surface area contributed by atoms with Crippen molar-refractivity contribution in [3.63, 3.8) is 0 Å². The second kappa shape index (κ2) is 11.6. The number of anilines is 1. The summed E-state index contributed by atoms with van der Waals surface area (Å²) in [6.45, 7) is 4.07. The highest BCUT2D eigenvalue weighted by molar-refractivity contribution is 7.13. The molecule has 2 atom stereocenters. The quantitative estimate of drug-likeness (QED) is 0.418. The number of amides is 1. The molecule has 2 N–H and O–H groups in total. The first-order valence-electron chi connectivity index (χ1n) is 11.0. The van der Waals surface area contributed by atoms with E-state index in [4.69, 9.17) is 25.8 Å². The van der Waals surface area contributed by atoms with Crippen LogP contribution in [-0.4, -0.2) is 54.5 Å². The summed E-state index contributed by atoms with van der Waals surface area (Å²) < 4.78 is 17.1. The summed E-state index contributed by atoms with van der Waals surface area (Å²) in [4.78, 5) is 15.4. The van der Waals surface area contributed by atoms with E-state index in [0.29, 0.717) is 28.1 Å². The Bertz CT molecular complexity index is 1090. The fourth-order valence-electron chi connectivity index (χ4n) is 3.69. The normalized spacial score (nSPS) is 16.7. The maximum absolute atomic E-state index is 12.2. The van der Waals surface area contributed by atoms with Gasteiger partial charge < -0.3 is 19.3 Å². The van der Waals surface area contributed by atoms with Gasteiger partial charge in [-0.15, -0.1) is 11.3 Å². The zero-order valence-corrected chi connectivity index (χ0v) is 20.3. The Morgan fingerprint density at radius 1 is 1.21 bits per heavy atom. The molecule has 1 saturated heterocycles. The second-order valence-electron chi connectivity index (χ2n) is 8.08. The van der Waals surface area contributed by atoms with Crippen molar-refractivity contribution < 1.29 is 24.1 Å². The Morgan fingerprint density at radius 2 is 2.00 bits per heavy atom. The van der Waals surface area contributed by atoms with E-state index in [1.807, 2.05) is 25.1 Å². The summed E-state index contributed by atoms with van der Waals surface area (Å²) in [5, 5.41) is 14.4. The van der Waals surface area contributed by atoms with E-state index < -0.39 is 12.2 Å². The Labute approximate surface area is 207 Å². The van der Waals surface area contributed by atoms with Gasteiger partial charge in [-0.2, -0.15) is 0 Å². The van der Waals surface area contributed by atoms with Crippen molar-refractivity contribution in [3.8, 4) is 16.6 Å². The number of para-hydroxylation sites is 2. The number of likely N-dealkylation sites (tertiary alicyclic amines) is 1. The highest BCUT2D eigenvalue weighted by Crippen LogP contribution is 2.27. The van der Waals surface area contributed by atoms with Crippen molar-refractivity contribution in [3.05, 3.63) is 70.6 Å². The van der Waals surface area contributed by atoms with E-state index >= 15 is 0 Å². The highest BCUT2D eigenvalue weighted by Gasteiger charge is 2.26. The van der Waals surface area contributed by atoms with Crippen LogP contribution >= 0.6 is 22.9 Å². The van der Waals surface area contributed by atoms with Gasteiger partial charge in [0.25, 0.3) is 0 Å². The number of hydrogen-bond donors (Lipinski definition) is 2. The van der Waals surface area contributed by atoms with E-state index in [2.05, 4.69) is 10.2 Å². The molecule has 0 aliphatic carbocycles. The molecule has 2 heterocycles. The number of aliphatic hydroxyl groups excluding tert-OH is 1. The molecule has 1 amide bonds. The van der Waals surface area contributed by atoms with Crippen LogP contribution in [0.3, 0.4) is 0 Å². The first-order valence-corrected chi connectivity index (χ1v) is 12.2. The van der Waals surface area contributed by atoms with Crippen LogP contribution in [0.2, 0.25) is 5.02 Å². The summed E-state index contributed by atoms with van der Waals surface area (Å²) in [5.41, 5.74) is 0.477. The topological polar surface area (TPSA) is 80.3 Å². The molecule has 34 heavy (non-hydrogen) atoms. The van der Waals surface area contributed by atoms with Crippen molar-refractivity contribution in [2.45, 2.75) is 25.6 Å². The number of aliphatic hydroxyl groups is 1. The fraction of sp³-hybridized carbons (Fsp3) is 0.320. The maximum Gasteiger partial charge on any atom is 0.418 e. The van der Waals surface area contributed by atoms with E-state index in [0.717, 1.165) is 30.1 Å². The minimum Gasteiger partial charge on any atom is -0.489 e. The van der Waals surface area contributed by atoms with Crippen molar-refractivity contribution in [1.82, 2.24) is 4.90 Å². The van der Waals surface area contributed by atoms with Crippen LogP contribution in [0, 0.1) is 6.92 Å². The molecule has 0 spiro atoms. The summed E-state index contributed by atoms with van der Waals surface area (Å²) >= 11 is 7.32. The summed E-state index contributed by atoms with van der Waals surface area (Å²) in [6, 6.07) is 18.0. The molecule has 2 aromatic carbocycles. The summed E-state index contributed by atoms with van der Waals surface area (Å²) in [7, 11) is 0. The number of nitrogens with one attached hydrogen (secondary N) is 1. The van der Waals surface area contributed by atoms with Crippen LogP contribution in [0.4, 0.5) is 10.5 Å². The SMILES string of the molecule is Cc1ccc(OC(=O)Nc2ccccc2OCC(O)CN2CCC(Oc3ccc(Cl)cc3)C2)s1. The minimum absolute atomic E-state index is 0.0670. The van der Waals surface area contributed by atoms with Gasteiger partial charge in [-0.3, -0.25) is 10.2 Å². The number of aryl methyl sites for hydroxylation is 1. The molecule has 3 aromatic rings. The van der Waals surface area contributed by atoms with E-state index in [9.17, 15) is 9.90 Å². The smallest absolute Gasteiger partial charge is 0.418 e. The Morgan fingerprint density at radius 3 is 2.76 bits per heavy atom. The predicted octanol–water partition coefficient (Wildman–Crippen LogP) is 5.21. The Kier molecular flexibility index (Phi) is 8.29. The lowest BCUT2D eigenvalue weighted by Crippen LogP contribution is -2.35. The number of nitrogens with zero attached hydrogens (tertiary/aromatic N) is 1. The maximum atomic E-state index is 12.2. The highest BCUT2D eigenvalue weighted by atomic mass is 35.5. The number of carbonyl (C=O) groups is 1. The number of hydrogen-bond acceptors (Lipinski definition) is 7. The second-order valence-corrected chi connectivity index (χ2v) is 9.77. The molecule has 0 radical (unpaired) electrons. The van der Waals surface area contributed by atoms with Crippen LogP contribution in [0.1, 0.15) is 11.3 Å². The number of β-amino-alcohol motifs (C(OH)–C–C–N with tert-alkyl or cyclic N) is 1. The molecule has 2 unspecified atom stereocenters. The average Bonchev–Trinajstić information content (AvgIpc) is 3.43. The number of ether oxygens (including phenoxy) is 3. The van der Waals surface area contributed by atoms with Crippen LogP contribution in [-0.2, 0) is 0 Å². The molecule has 1 aliphatic heterocycles. The molecular formula is C25H27ClN2O5S. The molecule has 0 saturated carbocycles. The first kappa shape index (κ1) is 24.3. The zero-order valence-electron chi connectivity index (χ0n) is 18.8. The monoisotopic (exact) mass is 502 g/mol. The van der Waals surface area contributed by atoms with Gasteiger partial charge in [0.15, 0.2) is 5.06 Å². The number of benzene rings is 2. The molecule has 1 aromatic heterocycles. The van der Waals surface area contributed by atoms with Gasteiger partial charge in [0, 0.05) is 29.5 Å². The average molecular weight is 503 g/mol. The third-order valence-electron chi connectivity index (χ3n) is 5.28. The number of thiophene rings is 1. The van der Waals surface area contributed by atoms with E-state index in [-0.39, 0.29) is 12.7 Å². The largest absolute Gasteiger partial charge is 0.489 e. The van der Waals surface area contributed by atoms with Crippen LogP contribution in [0.5, 0.6) is 16.6 Å². The number of halogens is 1. The number of carbonyl (C=O) groups excluding carboxylic acids is 1. The lowest BCUT2D eigenvalue weighted by molar-refractivity contribution is 0.0722. The molecule has 180 valence electrons. The van der Waals surface area contributed by atoms with Gasteiger partial charge in [-0.25, -0.2) is 4.79 Å². The predicted molar refractivity (Wildman–Crippen MR) is 134 cm³/mol. The van der Waals surface area contributed by atoms with Gasteiger partial charge in [0.1, 0.15) is 30.3 Å². The van der Waals surface area contributed by atoms with Gasteiger partial charge in [0.05, 0.1) is 5.69 Å². The number of rotatable bonds is 9. The minimum atomic E-state index is -0.691. The van der Waals surface area contributed by atoms with Crippen molar-refractivity contribution in [2.75, 3.05) is 31.6 Å². The zero-order chi connectivity index (χ0) is 23.9. The molecule has 0 bridgehead atoms. The Balaban J connectivity index is 1.23. The molecule has 1 aliphatic rings. The van der Waals surface area contributed by atoms with Crippen LogP contribution < -0.4 is 19.5 Å². The standard InChI is InChI=1S/C25H27ClN2O5S/c1-17-6-11-24(34-17)33-25(30)27-22-4-2-3-5-23(22)31-16-19(29)14-28-13-12-21(15-28)32-20-9-7-18(26)8-10-20/h2-11,19,21,29H,12-16H2,1H3,(H,27,30). The van der Waals surface area contributed by atoms with Crippen molar-refractivity contribution >= 4 is 34.7 Å².